The second-order valence-corrected chi connectivity index (χ2v) is 4.84. The van der Waals surface area contributed by atoms with E-state index in [1.54, 1.807) is 6.07 Å². The molecule has 0 amide bonds. The molecule has 1 unspecified atom stereocenters. The van der Waals surface area contributed by atoms with Gasteiger partial charge in [-0.3, -0.25) is 0 Å². The van der Waals surface area contributed by atoms with Crippen LogP contribution in [0.25, 0.3) is 6.08 Å². The largest absolute Gasteiger partial charge is 0.512 e. The first-order valence-electron chi connectivity index (χ1n) is 6.01. The lowest BCUT2D eigenvalue weighted by Gasteiger charge is -2.04. The first-order chi connectivity index (χ1) is 9.81. The fourth-order valence-electron chi connectivity index (χ4n) is 1.71. The maximum absolute atomic E-state index is 9.71. The van der Waals surface area contributed by atoms with E-state index in [9.17, 15) is 5.11 Å². The summed E-state index contributed by atoms with van der Waals surface area (Å²) < 4.78 is 3.14. The van der Waals surface area contributed by atoms with Gasteiger partial charge >= 0.3 is 0 Å². The van der Waals surface area contributed by atoms with E-state index in [0.29, 0.717) is 11.8 Å². The Kier molecular flexibility index (Phi) is 7.36. The molecule has 2 aromatic rings. The van der Waals surface area contributed by atoms with Gasteiger partial charge in [0.1, 0.15) is 5.75 Å². The summed E-state index contributed by atoms with van der Waals surface area (Å²) in [6.45, 7) is 4.75. The molecule has 102 valence electrons. The van der Waals surface area contributed by atoms with Crippen LogP contribution in [0.4, 0.5) is 0 Å². The zero-order valence-electron chi connectivity index (χ0n) is 10.9. The molecule has 1 aromatic carbocycles. The van der Waals surface area contributed by atoms with Gasteiger partial charge in [-0.2, -0.15) is 4.57 Å². The summed E-state index contributed by atoms with van der Waals surface area (Å²) in [4.78, 5) is 0. The van der Waals surface area contributed by atoms with Gasteiger partial charge in [0.25, 0.3) is 0 Å². The van der Waals surface area contributed by atoms with Crippen molar-refractivity contribution in [1.82, 2.24) is 0 Å². The second-order valence-electron chi connectivity index (χ2n) is 3.96. The standard InChI is InChI=1S/C15H14INO.CN/c16-12-14(17-10-4-1-5-11-17)9-8-13-6-2-3-7-15(13)18;1-2/h1-11,14H,12H2;/q;-1/p+1. The van der Waals surface area contributed by atoms with Crippen LogP contribution in [0.1, 0.15) is 11.6 Å². The van der Waals surface area contributed by atoms with Crippen molar-refractivity contribution >= 4 is 28.7 Å². The minimum absolute atomic E-state index is 0.298. The predicted octanol–water partition coefficient (Wildman–Crippen LogP) is 3.47. The van der Waals surface area contributed by atoms with Crippen LogP contribution in [0.2, 0.25) is 0 Å². The Hall–Kier alpha value is -1.87. The van der Waals surface area contributed by atoms with E-state index in [4.69, 9.17) is 11.8 Å². The van der Waals surface area contributed by atoms with Gasteiger partial charge in [0.2, 0.25) is 0 Å². The molecule has 0 aliphatic heterocycles. The molecule has 0 spiro atoms. The number of alkyl halides is 1. The van der Waals surface area contributed by atoms with Gasteiger partial charge in [-0.15, -0.1) is 0 Å². The summed E-state index contributed by atoms with van der Waals surface area (Å²) in [5, 5.41) is 16.0. The predicted molar refractivity (Wildman–Crippen MR) is 86.7 cm³/mol. The molecule has 20 heavy (non-hydrogen) atoms. The number of nitrogens with zero attached hydrogens (tertiary/aromatic N) is 2. The number of hydrogen-bond donors (Lipinski definition) is 1. The van der Waals surface area contributed by atoms with Crippen LogP contribution < -0.4 is 4.57 Å². The first kappa shape index (κ1) is 16.2. The maximum atomic E-state index is 9.71. The normalized spacial score (nSPS) is 11.6. The molecule has 0 fully saturated rings. The molecule has 4 heteroatoms. The van der Waals surface area contributed by atoms with Crippen molar-refractivity contribution in [1.29, 1.82) is 5.26 Å². The molecule has 2 rings (SSSR count). The van der Waals surface area contributed by atoms with Crippen molar-refractivity contribution in [3.63, 3.8) is 0 Å². The van der Waals surface area contributed by atoms with Crippen molar-refractivity contribution in [2.24, 2.45) is 0 Å². The molecule has 0 aliphatic rings. The Morgan fingerprint density at radius 2 is 1.80 bits per heavy atom. The van der Waals surface area contributed by atoms with E-state index >= 15 is 0 Å². The molecule has 1 N–H and O–H groups in total. The summed E-state index contributed by atoms with van der Waals surface area (Å²) in [5.41, 5.74) is 0.851. The zero-order chi connectivity index (χ0) is 14.8. The van der Waals surface area contributed by atoms with E-state index in [0.717, 1.165) is 9.99 Å². The highest BCUT2D eigenvalue weighted by Crippen LogP contribution is 2.18. The van der Waals surface area contributed by atoms with Gasteiger partial charge in [-0.25, -0.2) is 0 Å². The minimum Gasteiger partial charge on any atom is -0.512 e. The number of aromatic hydroxyl groups is 1. The van der Waals surface area contributed by atoms with E-state index in [1.165, 1.54) is 0 Å². The number of hydrogen-bond acceptors (Lipinski definition) is 2. The molecule has 3 nitrogen and oxygen atoms in total. The third kappa shape index (κ3) is 4.67. The van der Waals surface area contributed by atoms with Gasteiger partial charge < -0.3 is 16.9 Å². The smallest absolute Gasteiger partial charge is 0.185 e. The molecule has 1 atom stereocenters. The Balaban J connectivity index is 0.000000956. The number of halogens is 1. The molecule has 0 radical (unpaired) electrons. The highest BCUT2D eigenvalue weighted by Gasteiger charge is 2.11. The lowest BCUT2D eigenvalue weighted by Crippen LogP contribution is -2.38. The van der Waals surface area contributed by atoms with Crippen molar-refractivity contribution in [3.8, 4) is 5.75 Å². The quantitative estimate of drug-likeness (QED) is 0.383. The van der Waals surface area contributed by atoms with E-state index in [1.807, 2.05) is 42.5 Å². The number of phenolic OH excluding ortho intramolecular Hbond substituents is 1. The van der Waals surface area contributed by atoms with Gasteiger partial charge in [-0.1, -0.05) is 46.9 Å². The highest BCUT2D eigenvalue weighted by atomic mass is 127. The number of para-hydroxylation sites is 1. The summed E-state index contributed by atoms with van der Waals surface area (Å²) in [5.74, 6) is 0.319. The third-order valence-electron chi connectivity index (χ3n) is 2.71. The third-order valence-corrected chi connectivity index (χ3v) is 3.62. The SMILES string of the molecule is Oc1ccccc1C=CC(CI)[n+]1ccccc1.[C-]#N. The van der Waals surface area contributed by atoms with Crippen molar-refractivity contribution < 1.29 is 9.67 Å². The highest BCUT2D eigenvalue weighted by molar-refractivity contribution is 14.1. The number of pyridine rings is 1. The summed E-state index contributed by atoms with van der Waals surface area (Å²) >= 11 is 2.37. The molecule has 1 heterocycles. The van der Waals surface area contributed by atoms with E-state index < -0.39 is 0 Å². The molecule has 1 aromatic heterocycles. The van der Waals surface area contributed by atoms with Crippen molar-refractivity contribution in [2.45, 2.75) is 6.04 Å². The minimum atomic E-state index is 0.298. The van der Waals surface area contributed by atoms with Crippen LogP contribution >= 0.6 is 22.6 Å². The molecule has 0 saturated heterocycles. The van der Waals surface area contributed by atoms with Crippen LogP contribution in [-0.4, -0.2) is 9.53 Å². The lowest BCUT2D eigenvalue weighted by atomic mass is 10.1. The second kappa shape index (κ2) is 9.10. The summed E-state index contributed by atoms with van der Waals surface area (Å²) in [6, 6.07) is 13.7. The Morgan fingerprint density at radius 3 is 2.40 bits per heavy atom. The monoisotopic (exact) mass is 378 g/mol. The summed E-state index contributed by atoms with van der Waals surface area (Å²) in [6.07, 6.45) is 8.19. The van der Waals surface area contributed by atoms with Crippen LogP contribution in [0.5, 0.6) is 5.75 Å². The zero-order valence-corrected chi connectivity index (χ0v) is 13.0. The Morgan fingerprint density at radius 1 is 1.15 bits per heavy atom. The first-order valence-corrected chi connectivity index (χ1v) is 7.54. The van der Waals surface area contributed by atoms with Crippen LogP contribution in [0, 0.1) is 11.8 Å². The van der Waals surface area contributed by atoms with Crippen LogP contribution in [0.15, 0.2) is 60.9 Å². The molecule has 0 saturated carbocycles. The maximum Gasteiger partial charge on any atom is 0.185 e. The van der Waals surface area contributed by atoms with Gasteiger partial charge in [0.05, 0.1) is 4.43 Å². The summed E-state index contributed by atoms with van der Waals surface area (Å²) in [7, 11) is 0. The molecular formula is C16H15IN2O. The fraction of sp³-hybridized carbons (Fsp3) is 0.125. The number of benzene rings is 1. The van der Waals surface area contributed by atoms with E-state index in [2.05, 4.69) is 45.6 Å². The van der Waals surface area contributed by atoms with E-state index in [-0.39, 0.29) is 0 Å². The van der Waals surface area contributed by atoms with Crippen LogP contribution in [-0.2, 0) is 0 Å². The number of phenols is 1. The van der Waals surface area contributed by atoms with Crippen molar-refractivity contribution in [2.75, 3.05) is 4.43 Å². The number of allylic oxidation sites excluding steroid dienone is 1. The van der Waals surface area contributed by atoms with Gasteiger partial charge in [0.15, 0.2) is 18.4 Å². The lowest BCUT2D eigenvalue weighted by molar-refractivity contribution is -0.707. The molecule has 0 bridgehead atoms. The molecular weight excluding hydrogens is 363 g/mol. The fourth-order valence-corrected chi connectivity index (χ4v) is 2.46. The van der Waals surface area contributed by atoms with Gasteiger partial charge in [0, 0.05) is 17.7 Å². The number of aromatic nitrogens is 1. The Labute approximate surface area is 133 Å². The average Bonchev–Trinajstić information content (AvgIpc) is 2.53. The van der Waals surface area contributed by atoms with Crippen LogP contribution in [0.3, 0.4) is 0 Å². The van der Waals surface area contributed by atoms with Gasteiger partial charge in [-0.05, 0) is 18.2 Å². The topological polar surface area (TPSA) is 47.9 Å². The number of rotatable bonds is 4. The Bertz CT molecular complexity index is 567. The van der Waals surface area contributed by atoms with Crippen molar-refractivity contribution in [3.05, 3.63) is 73.1 Å². The molecule has 0 aliphatic carbocycles. The average molecular weight is 378 g/mol.